The lowest BCUT2D eigenvalue weighted by Crippen LogP contribution is -2.11. The topological polar surface area (TPSA) is 4.93 Å². The lowest BCUT2D eigenvalue weighted by molar-refractivity contribution is 0.590. The molecule has 0 radical (unpaired) electrons. The zero-order valence-electron chi connectivity index (χ0n) is 15.2. The Morgan fingerprint density at radius 2 is 1.23 bits per heavy atom. The summed E-state index contributed by atoms with van der Waals surface area (Å²) in [5.41, 5.74) is 5.38. The fraction of sp³-hybridized carbons (Fsp3) is 0.217. The monoisotopic (exact) mass is 469 g/mol. The number of halogens is 2. The molecule has 1 heterocycles. The summed E-state index contributed by atoms with van der Waals surface area (Å²) in [6, 6.07) is 22.1. The quantitative estimate of drug-likeness (QED) is 0.283. The zero-order valence-corrected chi connectivity index (χ0v) is 18.4. The first kappa shape index (κ1) is 17.8. The second-order valence-corrected chi connectivity index (χ2v) is 9.69. The van der Waals surface area contributed by atoms with Crippen molar-refractivity contribution in [1.29, 1.82) is 0 Å². The molecule has 0 aliphatic rings. The zero-order chi connectivity index (χ0) is 18.5. The first-order chi connectivity index (χ1) is 12.3. The molecule has 132 valence electrons. The van der Waals surface area contributed by atoms with E-state index in [2.05, 4.69) is 118 Å². The van der Waals surface area contributed by atoms with Gasteiger partial charge in [-0.2, -0.15) is 0 Å². The predicted molar refractivity (Wildman–Crippen MR) is 119 cm³/mol. The van der Waals surface area contributed by atoms with Gasteiger partial charge in [-0.1, -0.05) is 89.0 Å². The van der Waals surface area contributed by atoms with Crippen molar-refractivity contribution in [2.75, 3.05) is 0 Å². The summed E-state index contributed by atoms with van der Waals surface area (Å²) in [4.78, 5) is 0. The number of fused-ring (bicyclic) bond motifs is 3. The van der Waals surface area contributed by atoms with Crippen molar-refractivity contribution in [2.45, 2.75) is 32.7 Å². The van der Waals surface area contributed by atoms with E-state index in [1.165, 1.54) is 32.9 Å². The van der Waals surface area contributed by atoms with E-state index in [0.717, 1.165) is 15.5 Å². The highest BCUT2D eigenvalue weighted by molar-refractivity contribution is 9.10. The summed E-state index contributed by atoms with van der Waals surface area (Å²) in [5.74, 6) is 0. The molecule has 0 spiro atoms. The van der Waals surface area contributed by atoms with E-state index in [9.17, 15) is 0 Å². The van der Waals surface area contributed by atoms with Crippen LogP contribution in [-0.2, 0) is 12.0 Å². The molecule has 3 aromatic carbocycles. The van der Waals surface area contributed by atoms with Crippen LogP contribution in [-0.4, -0.2) is 4.57 Å². The van der Waals surface area contributed by atoms with E-state index in [-0.39, 0.29) is 5.41 Å². The van der Waals surface area contributed by atoms with Gasteiger partial charge < -0.3 is 4.57 Å². The maximum absolute atomic E-state index is 3.63. The number of aromatic nitrogens is 1. The Morgan fingerprint density at radius 1 is 0.731 bits per heavy atom. The molecule has 0 fully saturated rings. The van der Waals surface area contributed by atoms with Gasteiger partial charge in [0.1, 0.15) is 0 Å². The van der Waals surface area contributed by atoms with E-state index in [4.69, 9.17) is 0 Å². The minimum absolute atomic E-state index is 0.182. The smallest absolute Gasteiger partial charge is 0.0505 e. The van der Waals surface area contributed by atoms with Crippen LogP contribution in [0.1, 0.15) is 31.9 Å². The number of hydrogen-bond donors (Lipinski definition) is 0. The number of hydrogen-bond acceptors (Lipinski definition) is 0. The second kappa shape index (κ2) is 6.54. The third kappa shape index (κ3) is 3.23. The molecular formula is C23H21Br2N. The van der Waals surface area contributed by atoms with Gasteiger partial charge in [-0.25, -0.2) is 0 Å². The Bertz CT molecular complexity index is 1040. The predicted octanol–water partition coefficient (Wildman–Crippen LogP) is 7.67. The molecule has 0 bridgehead atoms. The molecule has 1 aromatic heterocycles. The maximum atomic E-state index is 3.63. The molecule has 0 amide bonds. The Balaban J connectivity index is 1.86. The molecular weight excluding hydrogens is 450 g/mol. The fourth-order valence-electron chi connectivity index (χ4n) is 3.50. The highest BCUT2D eigenvalue weighted by atomic mass is 79.9. The van der Waals surface area contributed by atoms with E-state index in [1.54, 1.807) is 0 Å². The largest absolute Gasteiger partial charge is 0.336 e. The normalized spacial score (nSPS) is 12.2. The SMILES string of the molecule is CC(C)(C)c1ccc(Cn2c3cc(Br)ccc3c3ccc(Br)cc32)cc1. The van der Waals surface area contributed by atoms with Crippen LogP contribution < -0.4 is 0 Å². The first-order valence-corrected chi connectivity index (χ1v) is 10.4. The second-order valence-electron chi connectivity index (χ2n) is 7.86. The first-order valence-electron chi connectivity index (χ1n) is 8.79. The van der Waals surface area contributed by atoms with Gasteiger partial charge in [0.15, 0.2) is 0 Å². The summed E-state index contributed by atoms with van der Waals surface area (Å²) < 4.78 is 4.62. The van der Waals surface area contributed by atoms with Crippen LogP contribution in [0, 0.1) is 0 Å². The Morgan fingerprint density at radius 3 is 1.69 bits per heavy atom. The Labute approximate surface area is 171 Å². The molecule has 4 aromatic rings. The fourth-order valence-corrected chi connectivity index (χ4v) is 4.20. The van der Waals surface area contributed by atoms with Crippen LogP contribution >= 0.6 is 31.9 Å². The molecule has 0 saturated heterocycles. The molecule has 3 heteroatoms. The van der Waals surface area contributed by atoms with Crippen LogP contribution in [0.15, 0.2) is 69.6 Å². The van der Waals surface area contributed by atoms with Gasteiger partial charge in [-0.05, 0) is 40.8 Å². The van der Waals surface area contributed by atoms with Gasteiger partial charge in [0.2, 0.25) is 0 Å². The van der Waals surface area contributed by atoms with E-state index >= 15 is 0 Å². The van der Waals surface area contributed by atoms with Crippen molar-refractivity contribution in [3.63, 3.8) is 0 Å². The molecule has 0 unspecified atom stereocenters. The van der Waals surface area contributed by atoms with Crippen molar-refractivity contribution in [1.82, 2.24) is 4.57 Å². The standard InChI is InChI=1S/C23H21Br2N/c1-23(2,3)16-6-4-15(5-7-16)14-26-21-12-17(24)8-10-19(21)20-11-9-18(25)13-22(20)26/h4-13H,14H2,1-3H3. The molecule has 0 N–H and O–H groups in total. The molecule has 0 aliphatic carbocycles. The third-order valence-electron chi connectivity index (χ3n) is 4.95. The summed E-state index contributed by atoms with van der Waals surface area (Å²) in [5, 5.41) is 2.59. The lowest BCUT2D eigenvalue weighted by Gasteiger charge is -2.19. The highest BCUT2D eigenvalue weighted by Gasteiger charge is 2.14. The van der Waals surface area contributed by atoms with Crippen molar-refractivity contribution in [2.24, 2.45) is 0 Å². The Kier molecular flexibility index (Phi) is 4.48. The van der Waals surface area contributed by atoms with Gasteiger partial charge in [0.05, 0.1) is 11.0 Å². The average Bonchev–Trinajstić information content (AvgIpc) is 2.87. The van der Waals surface area contributed by atoms with Gasteiger partial charge in [-0.15, -0.1) is 0 Å². The average molecular weight is 471 g/mol. The van der Waals surface area contributed by atoms with Crippen LogP contribution in [0.25, 0.3) is 21.8 Å². The highest BCUT2D eigenvalue weighted by Crippen LogP contribution is 2.33. The van der Waals surface area contributed by atoms with Crippen LogP contribution in [0.2, 0.25) is 0 Å². The van der Waals surface area contributed by atoms with Crippen molar-refractivity contribution >= 4 is 53.7 Å². The molecule has 0 aliphatic heterocycles. The van der Waals surface area contributed by atoms with Gasteiger partial charge in [0, 0.05) is 26.3 Å². The van der Waals surface area contributed by atoms with E-state index in [1.807, 2.05) is 0 Å². The number of nitrogens with zero attached hydrogens (tertiary/aromatic N) is 1. The minimum Gasteiger partial charge on any atom is -0.336 e. The lowest BCUT2D eigenvalue weighted by atomic mass is 9.87. The van der Waals surface area contributed by atoms with Gasteiger partial charge in [-0.3, -0.25) is 0 Å². The molecule has 26 heavy (non-hydrogen) atoms. The van der Waals surface area contributed by atoms with Crippen LogP contribution in [0.5, 0.6) is 0 Å². The molecule has 0 saturated carbocycles. The van der Waals surface area contributed by atoms with Crippen molar-refractivity contribution < 1.29 is 0 Å². The summed E-state index contributed by atoms with van der Waals surface area (Å²) in [7, 11) is 0. The maximum Gasteiger partial charge on any atom is 0.0505 e. The summed E-state index contributed by atoms with van der Waals surface area (Å²) >= 11 is 7.27. The van der Waals surface area contributed by atoms with Gasteiger partial charge >= 0.3 is 0 Å². The van der Waals surface area contributed by atoms with E-state index < -0.39 is 0 Å². The van der Waals surface area contributed by atoms with E-state index in [0.29, 0.717) is 0 Å². The van der Waals surface area contributed by atoms with Crippen molar-refractivity contribution in [3.8, 4) is 0 Å². The summed E-state index contributed by atoms with van der Waals surface area (Å²) in [6.07, 6.45) is 0. The third-order valence-corrected chi connectivity index (χ3v) is 5.94. The molecule has 0 atom stereocenters. The van der Waals surface area contributed by atoms with Crippen LogP contribution in [0.3, 0.4) is 0 Å². The molecule has 4 rings (SSSR count). The number of rotatable bonds is 2. The Hall–Kier alpha value is -1.58. The van der Waals surface area contributed by atoms with Crippen LogP contribution in [0.4, 0.5) is 0 Å². The minimum atomic E-state index is 0.182. The molecule has 1 nitrogen and oxygen atoms in total. The summed E-state index contributed by atoms with van der Waals surface area (Å²) in [6.45, 7) is 7.62. The van der Waals surface area contributed by atoms with Gasteiger partial charge in [0.25, 0.3) is 0 Å². The number of benzene rings is 3. The van der Waals surface area contributed by atoms with Crippen molar-refractivity contribution in [3.05, 3.63) is 80.7 Å².